The van der Waals surface area contributed by atoms with Crippen LogP contribution in [-0.2, 0) is 17.9 Å². The molecule has 1 fully saturated rings. The van der Waals surface area contributed by atoms with E-state index in [-0.39, 0.29) is 19.1 Å². The average molecular weight is 364 g/mol. The topological polar surface area (TPSA) is 70.4 Å². The van der Waals surface area contributed by atoms with Crippen LogP contribution in [0.4, 0.5) is 11.4 Å². The number of amides is 1. The van der Waals surface area contributed by atoms with Crippen molar-refractivity contribution in [3.05, 3.63) is 54.4 Å². The van der Waals surface area contributed by atoms with Crippen molar-refractivity contribution in [3.8, 4) is 0 Å². The Morgan fingerprint density at radius 3 is 2.52 bits per heavy atom. The van der Waals surface area contributed by atoms with Crippen LogP contribution in [0.25, 0.3) is 11.0 Å². The second kappa shape index (κ2) is 7.80. The van der Waals surface area contributed by atoms with Crippen molar-refractivity contribution in [3.63, 3.8) is 0 Å². The highest BCUT2D eigenvalue weighted by molar-refractivity contribution is 5.92. The molecule has 0 aliphatic carbocycles. The van der Waals surface area contributed by atoms with Crippen LogP contribution in [0.5, 0.6) is 0 Å². The van der Waals surface area contributed by atoms with Crippen LogP contribution in [0, 0.1) is 0 Å². The van der Waals surface area contributed by atoms with E-state index in [2.05, 4.69) is 27.3 Å². The van der Waals surface area contributed by atoms with Gasteiger partial charge >= 0.3 is 0 Å². The highest BCUT2D eigenvalue weighted by Gasteiger charge is 2.14. The molecule has 1 aliphatic heterocycles. The van der Waals surface area contributed by atoms with Crippen LogP contribution in [0.3, 0.4) is 0 Å². The summed E-state index contributed by atoms with van der Waals surface area (Å²) >= 11 is 0. The third-order valence-electron chi connectivity index (χ3n) is 5.05. The van der Waals surface area contributed by atoms with Gasteiger partial charge in [0.25, 0.3) is 0 Å². The van der Waals surface area contributed by atoms with Gasteiger partial charge in [0, 0.05) is 24.5 Å². The predicted octanol–water partition coefficient (Wildman–Crippen LogP) is 3.16. The fraction of sp³-hybridized carbons (Fsp3) is 0.333. The van der Waals surface area contributed by atoms with Gasteiger partial charge < -0.3 is 19.9 Å². The van der Waals surface area contributed by atoms with Crippen molar-refractivity contribution in [2.75, 3.05) is 23.3 Å². The molecule has 3 aromatic rings. The Labute approximate surface area is 158 Å². The number of fused-ring (bicyclic) bond motifs is 1. The maximum absolute atomic E-state index is 12.5. The van der Waals surface area contributed by atoms with Crippen LogP contribution in [-0.4, -0.2) is 33.7 Å². The Kier molecular flexibility index (Phi) is 5.07. The van der Waals surface area contributed by atoms with E-state index in [0.29, 0.717) is 5.82 Å². The van der Waals surface area contributed by atoms with E-state index in [1.165, 1.54) is 24.9 Å². The van der Waals surface area contributed by atoms with Gasteiger partial charge in [0.15, 0.2) is 0 Å². The van der Waals surface area contributed by atoms with Gasteiger partial charge in [-0.1, -0.05) is 12.1 Å². The molecule has 2 heterocycles. The van der Waals surface area contributed by atoms with E-state index in [9.17, 15) is 9.90 Å². The number of aliphatic hydroxyl groups excluding tert-OH is 1. The van der Waals surface area contributed by atoms with Gasteiger partial charge in [0.2, 0.25) is 5.91 Å². The number of aliphatic hydroxyl groups is 1. The van der Waals surface area contributed by atoms with Gasteiger partial charge in [-0.2, -0.15) is 0 Å². The SMILES string of the molecule is O=C(Cn1c(CO)nc2ccccc21)Nc1ccc(N2CCCCC2)cc1. The minimum atomic E-state index is -0.202. The van der Waals surface area contributed by atoms with Crippen LogP contribution in [0.15, 0.2) is 48.5 Å². The number of aromatic nitrogens is 2. The van der Waals surface area contributed by atoms with Gasteiger partial charge in [0.05, 0.1) is 11.0 Å². The van der Waals surface area contributed by atoms with Crippen LogP contribution < -0.4 is 10.2 Å². The molecule has 0 radical (unpaired) electrons. The lowest BCUT2D eigenvalue weighted by atomic mass is 10.1. The fourth-order valence-corrected chi connectivity index (χ4v) is 3.67. The lowest BCUT2D eigenvalue weighted by molar-refractivity contribution is -0.116. The number of hydrogen-bond donors (Lipinski definition) is 2. The molecule has 4 rings (SSSR count). The summed E-state index contributed by atoms with van der Waals surface area (Å²) < 4.78 is 1.76. The summed E-state index contributed by atoms with van der Waals surface area (Å²) in [6.07, 6.45) is 3.79. The molecule has 0 atom stereocenters. The number of piperidine rings is 1. The number of carbonyl (C=O) groups is 1. The van der Waals surface area contributed by atoms with Crippen molar-refractivity contribution in [2.24, 2.45) is 0 Å². The van der Waals surface area contributed by atoms with Gasteiger partial charge in [-0.25, -0.2) is 4.98 Å². The zero-order valence-corrected chi connectivity index (χ0v) is 15.3. The summed E-state index contributed by atoms with van der Waals surface area (Å²) in [5.41, 5.74) is 3.60. The minimum Gasteiger partial charge on any atom is -0.388 e. The second-order valence-electron chi connectivity index (χ2n) is 6.90. The number of anilines is 2. The smallest absolute Gasteiger partial charge is 0.244 e. The number of benzene rings is 2. The fourth-order valence-electron chi connectivity index (χ4n) is 3.67. The lowest BCUT2D eigenvalue weighted by Crippen LogP contribution is -2.29. The molecule has 1 aliphatic rings. The summed E-state index contributed by atoms with van der Waals surface area (Å²) in [6, 6.07) is 15.6. The molecule has 1 aromatic heterocycles. The monoisotopic (exact) mass is 364 g/mol. The van der Waals surface area contributed by atoms with Crippen LogP contribution in [0.1, 0.15) is 25.1 Å². The molecule has 140 valence electrons. The number of para-hydroxylation sites is 2. The summed E-state index contributed by atoms with van der Waals surface area (Å²) in [4.78, 5) is 19.3. The Hall–Kier alpha value is -2.86. The molecular formula is C21H24N4O2. The van der Waals surface area contributed by atoms with Gasteiger partial charge in [-0.15, -0.1) is 0 Å². The van der Waals surface area contributed by atoms with Gasteiger partial charge in [-0.3, -0.25) is 4.79 Å². The van der Waals surface area contributed by atoms with E-state index in [4.69, 9.17) is 0 Å². The number of hydrogen-bond acceptors (Lipinski definition) is 4. The zero-order chi connectivity index (χ0) is 18.6. The minimum absolute atomic E-state index is 0.115. The second-order valence-corrected chi connectivity index (χ2v) is 6.90. The van der Waals surface area contributed by atoms with Crippen molar-refractivity contribution in [2.45, 2.75) is 32.4 Å². The molecule has 0 unspecified atom stereocenters. The molecular weight excluding hydrogens is 340 g/mol. The first-order valence-corrected chi connectivity index (χ1v) is 9.44. The standard InChI is InChI=1S/C21H24N4O2/c26-15-20-23-18-6-2-3-7-19(18)25(20)14-21(27)22-16-8-10-17(11-9-16)24-12-4-1-5-13-24/h2-3,6-11,26H,1,4-5,12-15H2,(H,22,27). The number of carbonyl (C=O) groups excluding carboxylic acids is 1. The summed E-state index contributed by atoms with van der Waals surface area (Å²) in [5.74, 6) is 0.352. The molecule has 27 heavy (non-hydrogen) atoms. The first-order valence-electron chi connectivity index (χ1n) is 9.44. The molecule has 0 spiro atoms. The quantitative estimate of drug-likeness (QED) is 0.730. The molecule has 2 aromatic carbocycles. The van der Waals surface area contributed by atoms with Gasteiger partial charge in [-0.05, 0) is 55.7 Å². The average Bonchev–Trinajstić information content (AvgIpc) is 3.07. The number of nitrogens with zero attached hydrogens (tertiary/aromatic N) is 3. The molecule has 2 N–H and O–H groups in total. The molecule has 0 saturated carbocycles. The molecule has 0 bridgehead atoms. The number of rotatable bonds is 5. The van der Waals surface area contributed by atoms with E-state index in [1.54, 1.807) is 4.57 Å². The highest BCUT2D eigenvalue weighted by atomic mass is 16.3. The number of imidazole rings is 1. The molecule has 6 nitrogen and oxygen atoms in total. The van der Waals surface area contributed by atoms with E-state index >= 15 is 0 Å². The molecule has 6 heteroatoms. The number of nitrogens with one attached hydrogen (secondary N) is 1. The van der Waals surface area contributed by atoms with Crippen molar-refractivity contribution < 1.29 is 9.90 Å². The van der Waals surface area contributed by atoms with Gasteiger partial charge in [0.1, 0.15) is 19.0 Å². The summed E-state index contributed by atoms with van der Waals surface area (Å²) in [6.45, 7) is 2.11. The molecule has 1 saturated heterocycles. The summed E-state index contributed by atoms with van der Waals surface area (Å²) in [5, 5.41) is 12.5. The summed E-state index contributed by atoms with van der Waals surface area (Å²) in [7, 11) is 0. The van der Waals surface area contributed by atoms with E-state index in [1.807, 2.05) is 36.4 Å². The Morgan fingerprint density at radius 2 is 1.78 bits per heavy atom. The highest BCUT2D eigenvalue weighted by Crippen LogP contribution is 2.22. The first kappa shape index (κ1) is 17.5. The van der Waals surface area contributed by atoms with E-state index < -0.39 is 0 Å². The largest absolute Gasteiger partial charge is 0.388 e. The third kappa shape index (κ3) is 3.80. The normalized spacial score (nSPS) is 14.5. The van der Waals surface area contributed by atoms with Crippen molar-refractivity contribution in [1.29, 1.82) is 0 Å². The Balaban J connectivity index is 1.45. The third-order valence-corrected chi connectivity index (χ3v) is 5.05. The van der Waals surface area contributed by atoms with Crippen LogP contribution >= 0.6 is 0 Å². The maximum atomic E-state index is 12.5. The Bertz CT molecular complexity index is 927. The van der Waals surface area contributed by atoms with Crippen molar-refractivity contribution in [1.82, 2.24) is 9.55 Å². The van der Waals surface area contributed by atoms with Crippen molar-refractivity contribution >= 4 is 28.3 Å². The van der Waals surface area contributed by atoms with Crippen LogP contribution in [0.2, 0.25) is 0 Å². The van der Waals surface area contributed by atoms with E-state index in [0.717, 1.165) is 29.8 Å². The lowest BCUT2D eigenvalue weighted by Gasteiger charge is -2.28. The Morgan fingerprint density at radius 1 is 1.04 bits per heavy atom. The predicted molar refractivity (Wildman–Crippen MR) is 107 cm³/mol. The maximum Gasteiger partial charge on any atom is 0.244 e. The first-order chi connectivity index (χ1) is 13.2. The molecule has 1 amide bonds. The zero-order valence-electron chi connectivity index (χ0n) is 15.3.